The summed E-state index contributed by atoms with van der Waals surface area (Å²) in [4.78, 5) is 22.7. The van der Waals surface area contributed by atoms with Crippen LogP contribution in [0, 0.1) is 5.92 Å². The molecule has 0 bridgehead atoms. The van der Waals surface area contributed by atoms with Gasteiger partial charge < -0.3 is 9.84 Å². The number of hydrogen-bond acceptors (Lipinski definition) is 4. The Labute approximate surface area is 108 Å². The number of alkyl halides is 1. The zero-order valence-corrected chi connectivity index (χ0v) is 11.2. The van der Waals surface area contributed by atoms with Crippen molar-refractivity contribution in [3.63, 3.8) is 0 Å². The van der Waals surface area contributed by atoms with E-state index in [1.807, 2.05) is 0 Å². The van der Waals surface area contributed by atoms with Gasteiger partial charge in [-0.2, -0.15) is 0 Å². The zero-order valence-electron chi connectivity index (χ0n) is 9.57. The molecular weight excluding hydrogens is 288 g/mol. The minimum atomic E-state index is -0.465. The Morgan fingerprint density at radius 3 is 2.53 bits per heavy atom. The Bertz CT molecular complexity index is 440. The summed E-state index contributed by atoms with van der Waals surface area (Å²) in [6, 6.07) is 4.20. The fourth-order valence-corrected chi connectivity index (χ4v) is 1.37. The van der Waals surface area contributed by atoms with E-state index in [1.165, 1.54) is 18.2 Å². The Hall–Kier alpha value is -1.36. The van der Waals surface area contributed by atoms with Crippen LogP contribution in [-0.4, -0.2) is 22.2 Å². The summed E-state index contributed by atoms with van der Waals surface area (Å²) in [7, 11) is 0. The van der Waals surface area contributed by atoms with Crippen LogP contribution in [0.1, 0.15) is 24.2 Å². The molecule has 92 valence electrons. The van der Waals surface area contributed by atoms with Crippen LogP contribution < -0.4 is 4.74 Å². The molecule has 0 fully saturated rings. The van der Waals surface area contributed by atoms with E-state index >= 15 is 0 Å². The zero-order chi connectivity index (χ0) is 13.0. The molecule has 4 nitrogen and oxygen atoms in total. The molecule has 1 N–H and O–H groups in total. The summed E-state index contributed by atoms with van der Waals surface area (Å²) in [6.45, 7) is 3.50. The van der Waals surface area contributed by atoms with Gasteiger partial charge in [-0.25, -0.2) is 0 Å². The highest BCUT2D eigenvalue weighted by Gasteiger charge is 2.15. The molecule has 5 heteroatoms. The van der Waals surface area contributed by atoms with Crippen molar-refractivity contribution in [1.29, 1.82) is 0 Å². The Kier molecular flexibility index (Phi) is 4.69. The number of aromatic hydroxyl groups is 1. The third-order valence-electron chi connectivity index (χ3n) is 2.10. The molecule has 0 amide bonds. The van der Waals surface area contributed by atoms with Crippen molar-refractivity contribution >= 4 is 27.7 Å². The van der Waals surface area contributed by atoms with Crippen molar-refractivity contribution in [2.45, 2.75) is 13.8 Å². The summed E-state index contributed by atoms with van der Waals surface area (Å²) >= 11 is 2.96. The number of ether oxygens (including phenoxy) is 1. The van der Waals surface area contributed by atoms with Crippen molar-refractivity contribution in [3.8, 4) is 11.5 Å². The van der Waals surface area contributed by atoms with Crippen molar-refractivity contribution in [1.82, 2.24) is 0 Å². The lowest BCUT2D eigenvalue weighted by Crippen LogP contribution is -2.10. The molecule has 1 aromatic carbocycles. The predicted octanol–water partition coefficient (Wildman–Crippen LogP) is 2.53. The van der Waals surface area contributed by atoms with Crippen molar-refractivity contribution in [3.05, 3.63) is 23.8 Å². The van der Waals surface area contributed by atoms with Crippen LogP contribution in [0.2, 0.25) is 0 Å². The Morgan fingerprint density at radius 1 is 1.41 bits per heavy atom. The summed E-state index contributed by atoms with van der Waals surface area (Å²) in [5.74, 6) is -0.777. The van der Waals surface area contributed by atoms with Gasteiger partial charge in [0.25, 0.3) is 0 Å². The van der Waals surface area contributed by atoms with E-state index in [4.69, 9.17) is 4.74 Å². The van der Waals surface area contributed by atoms with E-state index < -0.39 is 5.97 Å². The fourth-order valence-electron chi connectivity index (χ4n) is 1.25. The third-order valence-corrected chi connectivity index (χ3v) is 2.56. The number of benzene rings is 1. The number of phenols is 1. The molecule has 0 unspecified atom stereocenters. The van der Waals surface area contributed by atoms with Crippen LogP contribution >= 0.6 is 15.9 Å². The molecule has 0 aliphatic heterocycles. The second-order valence-corrected chi connectivity index (χ2v) is 4.37. The second kappa shape index (κ2) is 5.82. The molecule has 0 heterocycles. The molecule has 0 aliphatic rings. The summed E-state index contributed by atoms with van der Waals surface area (Å²) in [5.41, 5.74) is 0.235. The summed E-state index contributed by atoms with van der Waals surface area (Å²) < 4.78 is 4.88. The highest BCUT2D eigenvalue weighted by atomic mass is 79.9. The highest BCUT2D eigenvalue weighted by molar-refractivity contribution is 9.09. The number of esters is 1. The molecule has 1 rings (SSSR count). The molecule has 0 saturated heterocycles. The van der Waals surface area contributed by atoms with E-state index in [1.54, 1.807) is 13.8 Å². The maximum Gasteiger partial charge on any atom is 0.321 e. The van der Waals surface area contributed by atoms with Crippen molar-refractivity contribution < 1.29 is 19.4 Å². The van der Waals surface area contributed by atoms with Crippen LogP contribution in [0.5, 0.6) is 11.5 Å². The number of ketones is 1. The number of hydrogen-bond donors (Lipinski definition) is 1. The van der Waals surface area contributed by atoms with E-state index in [0.717, 1.165) is 0 Å². The molecule has 0 atom stereocenters. The minimum absolute atomic E-state index is 0.0699. The maximum absolute atomic E-state index is 11.7. The highest BCUT2D eigenvalue weighted by Crippen LogP contribution is 2.25. The number of phenolic OH excluding ortho intramolecular Hbond substituents is 1. The van der Waals surface area contributed by atoms with Gasteiger partial charge in [-0.1, -0.05) is 29.8 Å². The third kappa shape index (κ3) is 3.56. The molecule has 1 aromatic rings. The topological polar surface area (TPSA) is 63.6 Å². The number of carbonyl (C=O) groups excluding carboxylic acids is 2. The molecule has 0 radical (unpaired) electrons. The quantitative estimate of drug-likeness (QED) is 0.402. The average molecular weight is 301 g/mol. The minimum Gasteiger partial charge on any atom is -0.507 e. The van der Waals surface area contributed by atoms with E-state index in [0.29, 0.717) is 0 Å². The van der Waals surface area contributed by atoms with Crippen molar-refractivity contribution in [2.75, 3.05) is 5.33 Å². The van der Waals surface area contributed by atoms with Crippen LogP contribution in [0.25, 0.3) is 0 Å². The second-order valence-electron chi connectivity index (χ2n) is 3.81. The normalized spacial score (nSPS) is 10.4. The monoisotopic (exact) mass is 300 g/mol. The Balaban J connectivity index is 2.94. The Morgan fingerprint density at radius 2 is 2.06 bits per heavy atom. The van der Waals surface area contributed by atoms with Gasteiger partial charge in [0.15, 0.2) is 5.78 Å². The first-order valence-electron chi connectivity index (χ1n) is 5.09. The fraction of sp³-hybridized carbons (Fsp3) is 0.333. The lowest BCUT2D eigenvalue weighted by molar-refractivity contribution is -0.131. The van der Waals surface area contributed by atoms with Gasteiger partial charge in [-0.15, -0.1) is 0 Å². The van der Waals surface area contributed by atoms with Gasteiger partial charge >= 0.3 is 5.97 Å². The van der Waals surface area contributed by atoms with Crippen LogP contribution in [0.3, 0.4) is 0 Å². The predicted molar refractivity (Wildman–Crippen MR) is 66.7 cm³/mol. The maximum atomic E-state index is 11.7. The van der Waals surface area contributed by atoms with Crippen molar-refractivity contribution in [2.24, 2.45) is 5.92 Å². The van der Waals surface area contributed by atoms with E-state index in [-0.39, 0.29) is 34.1 Å². The lowest BCUT2D eigenvalue weighted by Gasteiger charge is -2.08. The summed E-state index contributed by atoms with van der Waals surface area (Å²) in [5, 5.41) is 9.74. The standard InChI is InChI=1S/C12H13BrO4/c1-7(2)12(16)9-4-3-8(5-10(9)14)17-11(15)6-13/h3-5,7,14H,6H2,1-2H3. The van der Waals surface area contributed by atoms with E-state index in [2.05, 4.69) is 15.9 Å². The SMILES string of the molecule is CC(C)C(=O)c1ccc(OC(=O)CBr)cc1O. The molecule has 0 aromatic heterocycles. The van der Waals surface area contributed by atoms with Crippen LogP contribution in [0.4, 0.5) is 0 Å². The number of carbonyl (C=O) groups is 2. The van der Waals surface area contributed by atoms with Gasteiger partial charge in [0.05, 0.1) is 5.56 Å². The molecule has 17 heavy (non-hydrogen) atoms. The molecule has 0 saturated carbocycles. The first-order valence-corrected chi connectivity index (χ1v) is 6.21. The molecular formula is C12H13BrO4. The number of Topliss-reactive ketones (excluding diaryl/α,β-unsaturated/α-hetero) is 1. The van der Waals surface area contributed by atoms with Gasteiger partial charge in [0.1, 0.15) is 16.8 Å². The molecule has 0 aliphatic carbocycles. The first-order chi connectivity index (χ1) is 7.95. The smallest absolute Gasteiger partial charge is 0.321 e. The van der Waals surface area contributed by atoms with Crippen LogP contribution in [-0.2, 0) is 4.79 Å². The molecule has 0 spiro atoms. The van der Waals surface area contributed by atoms with Gasteiger partial charge in [0.2, 0.25) is 0 Å². The number of halogens is 1. The van der Waals surface area contributed by atoms with Gasteiger partial charge in [-0.05, 0) is 12.1 Å². The largest absolute Gasteiger partial charge is 0.507 e. The van der Waals surface area contributed by atoms with E-state index in [9.17, 15) is 14.7 Å². The van der Waals surface area contributed by atoms with Gasteiger partial charge in [-0.3, -0.25) is 9.59 Å². The van der Waals surface area contributed by atoms with Gasteiger partial charge in [0, 0.05) is 12.0 Å². The first kappa shape index (κ1) is 13.7. The number of rotatable bonds is 4. The average Bonchev–Trinajstić information content (AvgIpc) is 2.28. The lowest BCUT2D eigenvalue weighted by atomic mass is 10.0. The van der Waals surface area contributed by atoms with Crippen LogP contribution in [0.15, 0.2) is 18.2 Å². The summed E-state index contributed by atoms with van der Waals surface area (Å²) in [6.07, 6.45) is 0.